The van der Waals surface area contributed by atoms with Gasteiger partial charge < -0.3 is 13.9 Å². The van der Waals surface area contributed by atoms with Gasteiger partial charge in [0.2, 0.25) is 0 Å². The predicted octanol–water partition coefficient (Wildman–Crippen LogP) is 15.8. The highest BCUT2D eigenvalue weighted by Crippen LogP contribution is 2.42. The number of aromatic nitrogens is 1. The number of benzene rings is 10. The number of fused-ring (bicyclic) bond motifs is 9. The molecule has 12 rings (SSSR count). The van der Waals surface area contributed by atoms with Crippen LogP contribution in [0.5, 0.6) is 0 Å². The van der Waals surface area contributed by atoms with E-state index >= 15 is 0 Å². The molecule has 0 atom stereocenters. The summed E-state index contributed by atoms with van der Waals surface area (Å²) >= 11 is 0. The van der Waals surface area contributed by atoms with Crippen molar-refractivity contribution in [2.24, 2.45) is 0 Å². The lowest BCUT2D eigenvalue weighted by atomic mass is 9.97. The summed E-state index contributed by atoms with van der Waals surface area (Å²) in [5.74, 6) is 0. The molecule has 276 valence electrons. The highest BCUT2D eigenvalue weighted by Gasteiger charge is 2.18. The zero-order valence-electron chi connectivity index (χ0n) is 32.1. The first-order valence-corrected chi connectivity index (χ1v) is 20.2. The van der Waals surface area contributed by atoms with E-state index in [1.165, 1.54) is 60.0 Å². The third-order valence-corrected chi connectivity index (χ3v) is 12.0. The molecule has 12 aromatic rings. The average molecular weight is 753 g/mol. The first-order valence-electron chi connectivity index (χ1n) is 20.2. The molecule has 0 aliphatic rings. The van der Waals surface area contributed by atoms with Crippen molar-refractivity contribution in [1.82, 2.24) is 4.57 Å². The van der Waals surface area contributed by atoms with Crippen LogP contribution >= 0.6 is 0 Å². The highest BCUT2D eigenvalue weighted by atomic mass is 16.3. The molecule has 2 heterocycles. The fourth-order valence-corrected chi connectivity index (χ4v) is 9.20. The van der Waals surface area contributed by atoms with Crippen LogP contribution < -0.4 is 4.90 Å². The summed E-state index contributed by atoms with van der Waals surface area (Å²) < 4.78 is 8.81. The monoisotopic (exact) mass is 752 g/mol. The molecule has 10 aromatic carbocycles. The van der Waals surface area contributed by atoms with Gasteiger partial charge in [-0.3, -0.25) is 0 Å². The summed E-state index contributed by atoms with van der Waals surface area (Å²) in [5, 5.41) is 9.71. The number of para-hydroxylation sites is 4. The fourth-order valence-electron chi connectivity index (χ4n) is 9.20. The quantitative estimate of drug-likeness (QED) is 0.158. The molecule has 0 aliphatic heterocycles. The van der Waals surface area contributed by atoms with Gasteiger partial charge in [-0.2, -0.15) is 0 Å². The summed E-state index contributed by atoms with van der Waals surface area (Å²) in [4.78, 5) is 2.34. The second kappa shape index (κ2) is 13.4. The van der Waals surface area contributed by atoms with Crippen molar-refractivity contribution < 1.29 is 4.42 Å². The van der Waals surface area contributed by atoms with E-state index in [9.17, 15) is 0 Å². The Morgan fingerprint density at radius 1 is 0.322 bits per heavy atom. The Morgan fingerprint density at radius 3 is 1.71 bits per heavy atom. The second-order valence-corrected chi connectivity index (χ2v) is 15.3. The van der Waals surface area contributed by atoms with Gasteiger partial charge in [-0.15, -0.1) is 0 Å². The van der Waals surface area contributed by atoms with E-state index in [2.05, 4.69) is 216 Å². The zero-order chi connectivity index (χ0) is 38.9. The lowest BCUT2D eigenvalue weighted by Crippen LogP contribution is -2.09. The Morgan fingerprint density at radius 2 is 0.898 bits per heavy atom. The normalized spacial score (nSPS) is 11.7. The SMILES string of the molecule is c1cc(-c2ccc(N(c3ccc4c(ccc5ccccc54)c3)c3ccc4c(c3)oc3ccccc34)cc2)cc(-c2ccccc2-n2c3ccccc3c3ccccc32)c1. The van der Waals surface area contributed by atoms with Gasteiger partial charge >= 0.3 is 0 Å². The Balaban J connectivity index is 0.959. The van der Waals surface area contributed by atoms with E-state index in [1.807, 2.05) is 12.1 Å². The van der Waals surface area contributed by atoms with Crippen molar-refractivity contribution in [3.63, 3.8) is 0 Å². The minimum absolute atomic E-state index is 0.870. The summed E-state index contributed by atoms with van der Waals surface area (Å²) in [6.45, 7) is 0. The topological polar surface area (TPSA) is 21.3 Å². The molecule has 0 N–H and O–H groups in total. The standard InChI is InChI=1S/C56H36N2O/c1-2-15-45-38(12-1)24-25-41-35-43(30-32-46(41)45)57(44-31-33-51-50-19-6-10-23-55(50)59-56(51)36-44)42-28-26-37(27-29-42)39-13-11-14-40(34-39)47-16-3-7-20-52(47)58-53-21-8-4-17-48(53)49-18-5-9-22-54(49)58/h1-36H. The zero-order valence-corrected chi connectivity index (χ0v) is 32.1. The van der Waals surface area contributed by atoms with E-state index in [-0.39, 0.29) is 0 Å². The summed E-state index contributed by atoms with van der Waals surface area (Å²) in [6, 6.07) is 78.8. The van der Waals surface area contributed by atoms with Crippen molar-refractivity contribution in [3.05, 3.63) is 218 Å². The molecule has 0 spiro atoms. The number of hydrogen-bond donors (Lipinski definition) is 0. The van der Waals surface area contributed by atoms with Crippen LogP contribution in [-0.4, -0.2) is 4.57 Å². The van der Waals surface area contributed by atoms with Crippen molar-refractivity contribution in [2.75, 3.05) is 4.90 Å². The number of nitrogens with zero attached hydrogens (tertiary/aromatic N) is 2. The molecule has 59 heavy (non-hydrogen) atoms. The molecule has 0 amide bonds. The molecule has 0 saturated carbocycles. The maximum absolute atomic E-state index is 6.40. The van der Waals surface area contributed by atoms with Crippen molar-refractivity contribution in [1.29, 1.82) is 0 Å². The molecular formula is C56H36N2O. The van der Waals surface area contributed by atoms with Gasteiger partial charge in [-0.1, -0.05) is 146 Å². The molecule has 3 nitrogen and oxygen atoms in total. The first kappa shape index (κ1) is 33.3. The van der Waals surface area contributed by atoms with Gasteiger partial charge in [0.25, 0.3) is 0 Å². The van der Waals surface area contributed by atoms with Crippen molar-refractivity contribution >= 4 is 82.4 Å². The van der Waals surface area contributed by atoms with Gasteiger partial charge in [-0.05, 0) is 105 Å². The molecule has 0 radical (unpaired) electrons. The molecular weight excluding hydrogens is 717 g/mol. The Bertz CT molecular complexity index is 3520. The smallest absolute Gasteiger partial charge is 0.137 e. The molecule has 0 unspecified atom stereocenters. The lowest BCUT2D eigenvalue weighted by molar-refractivity contribution is 0.669. The number of hydrogen-bond acceptors (Lipinski definition) is 2. The largest absolute Gasteiger partial charge is 0.456 e. The van der Waals surface area contributed by atoms with Crippen LogP contribution in [0.4, 0.5) is 17.1 Å². The third-order valence-electron chi connectivity index (χ3n) is 12.0. The van der Waals surface area contributed by atoms with E-state index < -0.39 is 0 Å². The predicted molar refractivity (Wildman–Crippen MR) is 249 cm³/mol. The first-order chi connectivity index (χ1) is 29.2. The fraction of sp³-hybridized carbons (Fsp3) is 0. The Labute approximate surface area is 341 Å². The van der Waals surface area contributed by atoms with Crippen LogP contribution in [0.15, 0.2) is 223 Å². The van der Waals surface area contributed by atoms with E-state index in [1.54, 1.807) is 0 Å². The van der Waals surface area contributed by atoms with Crippen LogP contribution in [0.1, 0.15) is 0 Å². The second-order valence-electron chi connectivity index (χ2n) is 15.3. The van der Waals surface area contributed by atoms with Crippen molar-refractivity contribution in [2.45, 2.75) is 0 Å². The molecule has 0 bridgehead atoms. The van der Waals surface area contributed by atoms with Gasteiger partial charge in [0.15, 0.2) is 0 Å². The maximum Gasteiger partial charge on any atom is 0.137 e. The number of furan rings is 1. The maximum atomic E-state index is 6.40. The molecule has 3 heteroatoms. The third kappa shape index (κ3) is 5.44. The van der Waals surface area contributed by atoms with E-state index in [0.29, 0.717) is 0 Å². The highest BCUT2D eigenvalue weighted by molar-refractivity contribution is 6.11. The van der Waals surface area contributed by atoms with Gasteiger partial charge in [0, 0.05) is 50.2 Å². The van der Waals surface area contributed by atoms with E-state index in [4.69, 9.17) is 4.42 Å². The lowest BCUT2D eigenvalue weighted by Gasteiger charge is -2.26. The molecule has 2 aromatic heterocycles. The number of anilines is 3. The van der Waals surface area contributed by atoms with Gasteiger partial charge in [0.05, 0.1) is 16.7 Å². The molecule has 0 aliphatic carbocycles. The summed E-state index contributed by atoms with van der Waals surface area (Å²) in [7, 11) is 0. The van der Waals surface area contributed by atoms with Gasteiger partial charge in [-0.25, -0.2) is 0 Å². The van der Waals surface area contributed by atoms with Crippen LogP contribution in [0, 0.1) is 0 Å². The minimum Gasteiger partial charge on any atom is -0.456 e. The van der Waals surface area contributed by atoms with Crippen molar-refractivity contribution in [3.8, 4) is 27.9 Å². The van der Waals surface area contributed by atoms with Crippen LogP contribution in [0.3, 0.4) is 0 Å². The van der Waals surface area contributed by atoms with E-state index in [0.717, 1.165) is 50.3 Å². The van der Waals surface area contributed by atoms with Crippen LogP contribution in [0.25, 0.3) is 93.2 Å². The minimum atomic E-state index is 0.870. The average Bonchev–Trinajstić information content (AvgIpc) is 3.85. The van der Waals surface area contributed by atoms with Crippen LogP contribution in [-0.2, 0) is 0 Å². The molecule has 0 fully saturated rings. The molecule has 0 saturated heterocycles. The van der Waals surface area contributed by atoms with Crippen LogP contribution in [0.2, 0.25) is 0 Å². The summed E-state index contributed by atoms with van der Waals surface area (Å²) in [5.41, 5.74) is 13.2. The number of rotatable bonds is 6. The summed E-state index contributed by atoms with van der Waals surface area (Å²) in [6.07, 6.45) is 0. The Kier molecular flexibility index (Phi) is 7.54. The Hall–Kier alpha value is -7.88. The van der Waals surface area contributed by atoms with Gasteiger partial charge in [0.1, 0.15) is 11.2 Å².